The van der Waals surface area contributed by atoms with Gasteiger partial charge in [-0.05, 0) is 0 Å². The highest BCUT2D eigenvalue weighted by molar-refractivity contribution is 7.77. The van der Waals surface area contributed by atoms with Gasteiger partial charge < -0.3 is 4.74 Å². The third-order valence-corrected chi connectivity index (χ3v) is 1.39. The molecule has 7 heavy (non-hydrogen) atoms. The van der Waals surface area contributed by atoms with Gasteiger partial charge in [-0.1, -0.05) is 12.8 Å². The second-order valence-corrected chi connectivity index (χ2v) is 2.13. The zero-order valence-electron chi connectivity index (χ0n) is 4.13. The molecule has 0 aromatic rings. The van der Waals surface area contributed by atoms with Crippen LogP contribution < -0.4 is 0 Å². The first kappa shape index (κ1) is 5.41. The molecule has 1 aliphatic rings. The topological polar surface area (TPSA) is 12.5 Å². The summed E-state index contributed by atoms with van der Waals surface area (Å²) < 4.78 is 7.01. The SMILES string of the molecule is SN1CCOCC1. The number of hydrogen-bond acceptors (Lipinski definition) is 3. The van der Waals surface area contributed by atoms with E-state index >= 15 is 0 Å². The quantitative estimate of drug-likeness (QED) is 0.456. The summed E-state index contributed by atoms with van der Waals surface area (Å²) in [6, 6.07) is 0. The zero-order valence-corrected chi connectivity index (χ0v) is 5.03. The van der Waals surface area contributed by atoms with E-state index in [1.165, 1.54) is 0 Å². The molecule has 0 amide bonds. The molecule has 1 heterocycles. The molecule has 42 valence electrons. The van der Waals surface area contributed by atoms with Crippen LogP contribution in [-0.2, 0) is 4.74 Å². The van der Waals surface area contributed by atoms with E-state index in [1.54, 1.807) is 0 Å². The third-order valence-electron chi connectivity index (χ3n) is 0.987. The van der Waals surface area contributed by atoms with Gasteiger partial charge >= 0.3 is 0 Å². The first-order valence-electron chi connectivity index (χ1n) is 2.41. The van der Waals surface area contributed by atoms with Crippen molar-refractivity contribution in [2.24, 2.45) is 0 Å². The maximum absolute atomic E-state index is 5.05. The van der Waals surface area contributed by atoms with Crippen LogP contribution in [0.1, 0.15) is 0 Å². The summed E-state index contributed by atoms with van der Waals surface area (Å²) in [7, 11) is 0. The van der Waals surface area contributed by atoms with E-state index in [0.717, 1.165) is 26.3 Å². The van der Waals surface area contributed by atoms with Gasteiger partial charge in [-0.15, -0.1) is 0 Å². The van der Waals surface area contributed by atoms with Crippen LogP contribution in [0.2, 0.25) is 0 Å². The number of morpholine rings is 1. The Morgan fingerprint density at radius 3 is 2.14 bits per heavy atom. The van der Waals surface area contributed by atoms with E-state index in [0.29, 0.717) is 0 Å². The molecule has 0 N–H and O–H groups in total. The molecule has 0 aromatic heterocycles. The van der Waals surface area contributed by atoms with Crippen molar-refractivity contribution in [3.05, 3.63) is 0 Å². The summed E-state index contributed by atoms with van der Waals surface area (Å²) in [6.45, 7) is 3.60. The highest BCUT2D eigenvalue weighted by Gasteiger charge is 2.03. The lowest BCUT2D eigenvalue weighted by Crippen LogP contribution is -2.28. The molecule has 1 rings (SSSR count). The molecule has 0 unspecified atom stereocenters. The first-order valence-corrected chi connectivity index (χ1v) is 2.81. The predicted octanol–water partition coefficient (Wildman–Crippen LogP) is 0.163. The molecular weight excluding hydrogens is 110 g/mol. The average Bonchev–Trinajstić information content (AvgIpc) is 1.69. The molecule has 0 aliphatic carbocycles. The average molecular weight is 119 g/mol. The Balaban J connectivity index is 2.12. The molecule has 1 saturated heterocycles. The predicted molar refractivity (Wildman–Crippen MR) is 31.4 cm³/mol. The second-order valence-electron chi connectivity index (χ2n) is 1.57. The lowest BCUT2D eigenvalue weighted by atomic mass is 10.5. The minimum absolute atomic E-state index is 0.837. The van der Waals surface area contributed by atoms with E-state index in [-0.39, 0.29) is 0 Å². The van der Waals surface area contributed by atoms with Crippen LogP contribution >= 0.6 is 12.8 Å². The van der Waals surface area contributed by atoms with Crippen LogP contribution in [0.15, 0.2) is 0 Å². The summed E-state index contributed by atoms with van der Waals surface area (Å²) in [5.74, 6) is 0. The number of thiol groups is 1. The lowest BCUT2D eigenvalue weighted by Gasteiger charge is -2.19. The summed E-state index contributed by atoms with van der Waals surface area (Å²) in [6.07, 6.45) is 0. The standard InChI is InChI=1S/C4H9NOS/c7-5-1-3-6-4-2-5/h7H,1-4H2. The second kappa shape index (κ2) is 2.55. The molecule has 0 bridgehead atoms. The summed E-state index contributed by atoms with van der Waals surface area (Å²) in [5, 5.41) is 0. The maximum Gasteiger partial charge on any atom is 0.0603 e. The molecule has 0 atom stereocenters. The Hall–Kier alpha value is 0.270. The van der Waals surface area contributed by atoms with Crippen molar-refractivity contribution >= 4 is 12.8 Å². The Kier molecular flexibility index (Phi) is 1.97. The smallest absolute Gasteiger partial charge is 0.0603 e. The Morgan fingerprint density at radius 2 is 1.86 bits per heavy atom. The fourth-order valence-electron chi connectivity index (χ4n) is 0.554. The number of hydrogen-bond donors (Lipinski definition) is 1. The highest BCUT2D eigenvalue weighted by Crippen LogP contribution is 1.97. The van der Waals surface area contributed by atoms with Gasteiger partial charge in [-0.2, -0.15) is 0 Å². The first-order chi connectivity index (χ1) is 3.39. The Labute approximate surface area is 49.0 Å². The van der Waals surface area contributed by atoms with Crippen molar-refractivity contribution in [3.8, 4) is 0 Å². The largest absolute Gasteiger partial charge is 0.379 e. The van der Waals surface area contributed by atoms with Gasteiger partial charge in [0.1, 0.15) is 0 Å². The summed E-state index contributed by atoms with van der Waals surface area (Å²) in [5.41, 5.74) is 0. The molecule has 1 aliphatic heterocycles. The van der Waals surface area contributed by atoms with E-state index < -0.39 is 0 Å². The van der Waals surface area contributed by atoms with Gasteiger partial charge in [0.05, 0.1) is 13.2 Å². The zero-order chi connectivity index (χ0) is 5.11. The number of rotatable bonds is 0. The minimum Gasteiger partial charge on any atom is -0.379 e. The third kappa shape index (κ3) is 1.67. The van der Waals surface area contributed by atoms with Gasteiger partial charge in [-0.3, -0.25) is 0 Å². The summed E-state index contributed by atoms with van der Waals surface area (Å²) in [4.78, 5) is 0. The van der Waals surface area contributed by atoms with Crippen molar-refractivity contribution in [2.45, 2.75) is 0 Å². The van der Waals surface area contributed by atoms with Crippen LogP contribution in [0.5, 0.6) is 0 Å². The number of ether oxygens (including phenoxy) is 1. The fourth-order valence-corrected chi connectivity index (χ4v) is 0.717. The maximum atomic E-state index is 5.05. The van der Waals surface area contributed by atoms with E-state index in [9.17, 15) is 0 Å². The molecule has 0 spiro atoms. The van der Waals surface area contributed by atoms with Gasteiger partial charge in [0.2, 0.25) is 0 Å². The molecule has 0 saturated carbocycles. The summed E-state index contributed by atoms with van der Waals surface area (Å²) >= 11 is 4.11. The monoisotopic (exact) mass is 119 g/mol. The van der Waals surface area contributed by atoms with E-state index in [4.69, 9.17) is 4.74 Å². The fraction of sp³-hybridized carbons (Fsp3) is 1.00. The number of nitrogens with zero attached hydrogens (tertiary/aromatic N) is 1. The Morgan fingerprint density at radius 1 is 1.29 bits per heavy atom. The van der Waals surface area contributed by atoms with Crippen LogP contribution in [0, 0.1) is 0 Å². The van der Waals surface area contributed by atoms with Gasteiger partial charge in [0.15, 0.2) is 0 Å². The van der Waals surface area contributed by atoms with Crippen molar-refractivity contribution in [3.63, 3.8) is 0 Å². The molecule has 0 aromatic carbocycles. The normalized spacial score (nSPS) is 25.3. The van der Waals surface area contributed by atoms with E-state index in [2.05, 4.69) is 12.8 Å². The van der Waals surface area contributed by atoms with Crippen LogP contribution in [0.25, 0.3) is 0 Å². The van der Waals surface area contributed by atoms with Gasteiger partial charge in [-0.25, -0.2) is 4.31 Å². The van der Waals surface area contributed by atoms with Crippen LogP contribution in [-0.4, -0.2) is 30.6 Å². The van der Waals surface area contributed by atoms with Crippen molar-refractivity contribution < 1.29 is 4.74 Å². The molecule has 1 fully saturated rings. The highest BCUT2D eigenvalue weighted by atomic mass is 32.1. The van der Waals surface area contributed by atoms with Crippen molar-refractivity contribution in [1.29, 1.82) is 0 Å². The molecule has 2 nitrogen and oxygen atoms in total. The van der Waals surface area contributed by atoms with E-state index in [1.807, 2.05) is 4.31 Å². The minimum atomic E-state index is 0.837. The van der Waals surface area contributed by atoms with Crippen LogP contribution in [0.3, 0.4) is 0 Å². The van der Waals surface area contributed by atoms with Crippen LogP contribution in [0.4, 0.5) is 0 Å². The lowest BCUT2D eigenvalue weighted by molar-refractivity contribution is 0.0781. The molecule has 3 heteroatoms. The van der Waals surface area contributed by atoms with Gasteiger partial charge in [0, 0.05) is 13.1 Å². The van der Waals surface area contributed by atoms with Gasteiger partial charge in [0.25, 0.3) is 0 Å². The van der Waals surface area contributed by atoms with Crippen molar-refractivity contribution in [1.82, 2.24) is 4.31 Å². The molecule has 0 radical (unpaired) electrons. The Bertz CT molecular complexity index is 53.7. The molecular formula is C4H9NOS. The van der Waals surface area contributed by atoms with Crippen molar-refractivity contribution in [2.75, 3.05) is 26.3 Å².